The number of carbonyl (C=O) groups is 4. The SMILES string of the molecule is COC(=O)c1ccc(NC(=O)CN2CC(c3nc(-c4cccnc4)no3)C2)cc1.O=C(O)C(=O)O. The summed E-state index contributed by atoms with van der Waals surface area (Å²) in [6.07, 6.45) is 3.37. The van der Waals surface area contributed by atoms with E-state index in [0.29, 0.717) is 36.1 Å². The Balaban J connectivity index is 0.000000509. The molecule has 0 saturated carbocycles. The van der Waals surface area contributed by atoms with Crippen molar-refractivity contribution in [3.05, 3.63) is 60.2 Å². The molecule has 3 aromatic rings. The van der Waals surface area contributed by atoms with Gasteiger partial charge in [-0.15, -0.1) is 0 Å². The zero-order chi connectivity index (χ0) is 25.4. The molecule has 0 bridgehead atoms. The molecule has 35 heavy (non-hydrogen) atoms. The Hall–Kier alpha value is -4.65. The number of likely N-dealkylation sites (tertiary alicyclic amines) is 1. The predicted octanol–water partition coefficient (Wildman–Crippen LogP) is 1.11. The van der Waals surface area contributed by atoms with Crippen LogP contribution in [-0.2, 0) is 19.1 Å². The number of carbonyl (C=O) groups excluding carboxylic acids is 2. The van der Waals surface area contributed by atoms with E-state index in [0.717, 1.165) is 5.56 Å². The summed E-state index contributed by atoms with van der Waals surface area (Å²) < 4.78 is 10.0. The predicted molar refractivity (Wildman–Crippen MR) is 118 cm³/mol. The van der Waals surface area contributed by atoms with Crippen LogP contribution in [0, 0.1) is 0 Å². The first kappa shape index (κ1) is 25.0. The molecule has 2 aromatic heterocycles. The number of nitrogens with zero attached hydrogens (tertiary/aromatic N) is 4. The molecule has 13 nitrogen and oxygen atoms in total. The van der Waals surface area contributed by atoms with Crippen LogP contribution in [-0.4, -0.2) is 80.8 Å². The summed E-state index contributed by atoms with van der Waals surface area (Å²) in [5.74, 6) is -3.00. The Bertz CT molecular complexity index is 1180. The fraction of sp³-hybridized carbons (Fsp3) is 0.227. The lowest BCUT2D eigenvalue weighted by Crippen LogP contribution is -2.48. The van der Waals surface area contributed by atoms with Crippen LogP contribution in [0.4, 0.5) is 5.69 Å². The summed E-state index contributed by atoms with van der Waals surface area (Å²) in [6.45, 7) is 1.60. The van der Waals surface area contributed by atoms with Crippen LogP contribution in [0.2, 0.25) is 0 Å². The number of benzene rings is 1. The molecule has 4 rings (SSSR count). The molecule has 1 aliphatic rings. The molecule has 0 atom stereocenters. The van der Waals surface area contributed by atoms with Crippen molar-refractivity contribution in [1.82, 2.24) is 20.0 Å². The summed E-state index contributed by atoms with van der Waals surface area (Å²) in [5, 5.41) is 21.6. The van der Waals surface area contributed by atoms with Crippen LogP contribution in [0.15, 0.2) is 53.3 Å². The van der Waals surface area contributed by atoms with E-state index in [4.69, 9.17) is 24.3 Å². The van der Waals surface area contributed by atoms with Crippen molar-refractivity contribution in [1.29, 1.82) is 0 Å². The normalized spacial score (nSPS) is 13.1. The highest BCUT2D eigenvalue weighted by Crippen LogP contribution is 2.27. The molecule has 182 valence electrons. The van der Waals surface area contributed by atoms with Gasteiger partial charge in [0.2, 0.25) is 17.6 Å². The number of aliphatic carboxylic acids is 2. The minimum atomic E-state index is -1.82. The van der Waals surface area contributed by atoms with E-state index in [2.05, 4.69) is 25.2 Å². The van der Waals surface area contributed by atoms with Crippen LogP contribution in [0.1, 0.15) is 22.2 Å². The van der Waals surface area contributed by atoms with E-state index in [1.807, 2.05) is 17.0 Å². The van der Waals surface area contributed by atoms with E-state index in [-0.39, 0.29) is 18.4 Å². The minimum absolute atomic E-state index is 0.111. The summed E-state index contributed by atoms with van der Waals surface area (Å²) in [7, 11) is 1.33. The zero-order valence-electron chi connectivity index (χ0n) is 18.5. The number of ether oxygens (including phenoxy) is 1. The maximum atomic E-state index is 12.2. The number of aromatic nitrogens is 3. The first-order valence-corrected chi connectivity index (χ1v) is 10.2. The van der Waals surface area contributed by atoms with E-state index in [1.54, 1.807) is 36.7 Å². The monoisotopic (exact) mass is 483 g/mol. The molecule has 1 aliphatic heterocycles. The second kappa shape index (κ2) is 11.5. The van der Waals surface area contributed by atoms with Crippen molar-refractivity contribution in [2.24, 2.45) is 0 Å². The Morgan fingerprint density at radius 3 is 2.37 bits per heavy atom. The number of rotatable bonds is 6. The number of anilines is 1. The van der Waals surface area contributed by atoms with Crippen LogP contribution < -0.4 is 5.32 Å². The number of esters is 1. The van der Waals surface area contributed by atoms with Crippen LogP contribution in [0.25, 0.3) is 11.4 Å². The van der Waals surface area contributed by atoms with Crippen molar-refractivity contribution in [3.8, 4) is 11.4 Å². The number of methoxy groups -OCH3 is 1. The van der Waals surface area contributed by atoms with Gasteiger partial charge in [-0.2, -0.15) is 4.98 Å². The topological polar surface area (TPSA) is 185 Å². The number of carboxylic acid groups (broad SMARTS) is 2. The number of hydrogen-bond donors (Lipinski definition) is 3. The highest BCUT2D eigenvalue weighted by atomic mass is 16.5. The second-order valence-electron chi connectivity index (χ2n) is 7.32. The molecular formula is C22H21N5O8. The van der Waals surface area contributed by atoms with Crippen molar-refractivity contribution >= 4 is 29.5 Å². The molecule has 3 N–H and O–H groups in total. The van der Waals surface area contributed by atoms with Crippen LogP contribution >= 0.6 is 0 Å². The molecule has 3 heterocycles. The highest BCUT2D eigenvalue weighted by Gasteiger charge is 2.33. The Morgan fingerprint density at radius 2 is 1.80 bits per heavy atom. The van der Waals surface area contributed by atoms with Gasteiger partial charge in [0.15, 0.2) is 0 Å². The largest absolute Gasteiger partial charge is 0.473 e. The number of pyridine rings is 1. The number of nitrogens with one attached hydrogen (secondary N) is 1. The first-order valence-electron chi connectivity index (χ1n) is 10.2. The summed E-state index contributed by atoms with van der Waals surface area (Å²) in [5.41, 5.74) is 1.86. The van der Waals surface area contributed by atoms with Gasteiger partial charge in [0.25, 0.3) is 0 Å². The first-order chi connectivity index (χ1) is 16.8. The third-order valence-corrected chi connectivity index (χ3v) is 4.81. The van der Waals surface area contributed by atoms with Gasteiger partial charge in [-0.05, 0) is 36.4 Å². The average molecular weight is 483 g/mol. The maximum Gasteiger partial charge on any atom is 0.414 e. The number of hydrogen-bond acceptors (Lipinski definition) is 10. The van der Waals surface area contributed by atoms with E-state index in [9.17, 15) is 9.59 Å². The van der Waals surface area contributed by atoms with Crippen molar-refractivity contribution < 1.29 is 38.7 Å². The lowest BCUT2D eigenvalue weighted by atomic mass is 10.0. The molecule has 0 radical (unpaired) electrons. The van der Waals surface area contributed by atoms with E-state index < -0.39 is 17.9 Å². The lowest BCUT2D eigenvalue weighted by molar-refractivity contribution is -0.159. The van der Waals surface area contributed by atoms with Gasteiger partial charge in [-0.1, -0.05) is 5.16 Å². The van der Waals surface area contributed by atoms with Crippen molar-refractivity contribution in [2.45, 2.75) is 5.92 Å². The smallest absolute Gasteiger partial charge is 0.414 e. The van der Waals surface area contributed by atoms with Gasteiger partial charge in [0.05, 0.1) is 25.1 Å². The van der Waals surface area contributed by atoms with Crippen molar-refractivity contribution in [3.63, 3.8) is 0 Å². The second-order valence-corrected chi connectivity index (χ2v) is 7.32. The Morgan fingerprint density at radius 1 is 1.11 bits per heavy atom. The van der Waals surface area contributed by atoms with E-state index in [1.165, 1.54) is 7.11 Å². The van der Waals surface area contributed by atoms with Crippen LogP contribution in [0.3, 0.4) is 0 Å². The van der Waals surface area contributed by atoms with Gasteiger partial charge in [-0.3, -0.25) is 14.7 Å². The van der Waals surface area contributed by atoms with Gasteiger partial charge in [-0.25, -0.2) is 14.4 Å². The molecular weight excluding hydrogens is 462 g/mol. The lowest BCUT2D eigenvalue weighted by Gasteiger charge is -2.36. The fourth-order valence-corrected chi connectivity index (χ4v) is 3.08. The molecule has 0 aliphatic carbocycles. The third-order valence-electron chi connectivity index (χ3n) is 4.81. The molecule has 1 amide bonds. The minimum Gasteiger partial charge on any atom is -0.473 e. The molecule has 1 saturated heterocycles. The molecule has 13 heteroatoms. The maximum absolute atomic E-state index is 12.2. The zero-order valence-corrected chi connectivity index (χ0v) is 18.5. The summed E-state index contributed by atoms with van der Waals surface area (Å²) >= 11 is 0. The number of amides is 1. The van der Waals surface area contributed by atoms with Gasteiger partial charge in [0, 0.05) is 36.7 Å². The van der Waals surface area contributed by atoms with E-state index >= 15 is 0 Å². The van der Waals surface area contributed by atoms with Gasteiger partial charge < -0.3 is 24.8 Å². The Labute approximate surface area is 198 Å². The standard InChI is InChI=1S/C20H19N5O4.C2H2O4/c1-28-20(27)13-4-6-16(7-5-13)22-17(26)12-25-10-15(11-25)19-23-18(24-29-19)14-3-2-8-21-9-14;3-1(4)2(5)6/h2-9,15H,10-12H2,1H3,(H,22,26);(H,3,4)(H,5,6). The molecule has 0 unspecified atom stereocenters. The quantitative estimate of drug-likeness (QED) is 0.335. The third kappa shape index (κ3) is 6.91. The summed E-state index contributed by atoms with van der Waals surface area (Å²) in [4.78, 5) is 52.3. The number of carboxylic acids is 2. The molecule has 1 fully saturated rings. The summed E-state index contributed by atoms with van der Waals surface area (Å²) in [6, 6.07) is 10.2. The van der Waals surface area contributed by atoms with Crippen LogP contribution in [0.5, 0.6) is 0 Å². The molecule has 1 aromatic carbocycles. The molecule has 0 spiro atoms. The Kier molecular flexibility index (Phi) is 8.19. The average Bonchev–Trinajstić information content (AvgIpc) is 3.31. The van der Waals surface area contributed by atoms with Gasteiger partial charge >= 0.3 is 17.9 Å². The van der Waals surface area contributed by atoms with Crippen molar-refractivity contribution in [2.75, 3.05) is 32.1 Å². The fourth-order valence-electron chi connectivity index (χ4n) is 3.08. The highest BCUT2D eigenvalue weighted by molar-refractivity contribution is 6.27. The van der Waals surface area contributed by atoms with Gasteiger partial charge in [0.1, 0.15) is 0 Å².